The molecule has 0 spiro atoms. The van der Waals surface area contributed by atoms with Gasteiger partial charge in [-0.25, -0.2) is 0 Å². The molecule has 76 valence electrons. The summed E-state index contributed by atoms with van der Waals surface area (Å²) in [6.45, 7) is 1.31. The number of fused-ring (bicyclic) bond motifs is 1. The van der Waals surface area contributed by atoms with Crippen LogP contribution in [0, 0.1) is 0 Å². The number of halogens is 3. The molecule has 1 aromatic rings. The van der Waals surface area contributed by atoms with Gasteiger partial charge in [0, 0.05) is 13.1 Å². The second kappa shape index (κ2) is 3.16. The molecule has 2 nitrogen and oxygen atoms in total. The van der Waals surface area contributed by atoms with E-state index in [-0.39, 0.29) is 5.75 Å². The molecule has 0 amide bonds. The average Bonchev–Trinajstić information content (AvgIpc) is 2.47. The summed E-state index contributed by atoms with van der Waals surface area (Å²) < 4.78 is 39.4. The number of ether oxygens (including phenoxy) is 1. The lowest BCUT2D eigenvalue weighted by molar-refractivity contribution is -0.274. The first-order valence-corrected chi connectivity index (χ1v) is 4.13. The van der Waals surface area contributed by atoms with E-state index in [4.69, 9.17) is 0 Å². The zero-order chi connectivity index (χ0) is 10.2. The Labute approximate surface area is 78.7 Å². The second-order valence-electron chi connectivity index (χ2n) is 3.08. The number of rotatable bonds is 1. The van der Waals surface area contributed by atoms with Crippen LogP contribution in [0.15, 0.2) is 18.2 Å². The maximum Gasteiger partial charge on any atom is 0.573 e. The van der Waals surface area contributed by atoms with Gasteiger partial charge in [0.15, 0.2) is 0 Å². The van der Waals surface area contributed by atoms with Gasteiger partial charge >= 0.3 is 6.36 Å². The third-order valence-electron chi connectivity index (χ3n) is 2.04. The Bertz CT molecular complexity index is 348. The Kier molecular flexibility index (Phi) is 2.11. The molecule has 0 saturated carbocycles. The summed E-state index contributed by atoms with van der Waals surface area (Å²) in [5.41, 5.74) is 1.89. The highest BCUT2D eigenvalue weighted by Crippen LogP contribution is 2.26. The summed E-state index contributed by atoms with van der Waals surface area (Å²) in [5.74, 6) is -0.153. The van der Waals surface area contributed by atoms with E-state index in [1.54, 1.807) is 6.07 Å². The van der Waals surface area contributed by atoms with Gasteiger partial charge in [-0.3, -0.25) is 0 Å². The minimum Gasteiger partial charge on any atom is -0.406 e. The molecule has 2 rings (SSSR count). The summed E-state index contributed by atoms with van der Waals surface area (Å²) in [6, 6.07) is 4.40. The summed E-state index contributed by atoms with van der Waals surface area (Å²) >= 11 is 0. The van der Waals surface area contributed by atoms with Crippen LogP contribution in [0.4, 0.5) is 13.2 Å². The summed E-state index contributed by atoms with van der Waals surface area (Å²) in [7, 11) is 0. The highest BCUT2D eigenvalue weighted by Gasteiger charge is 2.31. The maximum atomic E-state index is 11.9. The van der Waals surface area contributed by atoms with Crippen molar-refractivity contribution in [2.45, 2.75) is 19.5 Å². The molecule has 1 heterocycles. The summed E-state index contributed by atoms with van der Waals surface area (Å²) in [6.07, 6.45) is -4.61. The number of alkyl halides is 3. The molecular formula is C9H8F3NO. The van der Waals surface area contributed by atoms with E-state index in [1.807, 2.05) is 0 Å². The predicted molar refractivity (Wildman–Crippen MR) is 43.7 cm³/mol. The lowest BCUT2D eigenvalue weighted by Crippen LogP contribution is -2.17. The Hall–Kier alpha value is -1.23. The van der Waals surface area contributed by atoms with Crippen LogP contribution in [0.3, 0.4) is 0 Å². The van der Waals surface area contributed by atoms with Crippen LogP contribution >= 0.6 is 0 Å². The van der Waals surface area contributed by atoms with Crippen LogP contribution in [-0.4, -0.2) is 6.36 Å². The van der Waals surface area contributed by atoms with E-state index in [0.29, 0.717) is 13.1 Å². The topological polar surface area (TPSA) is 21.3 Å². The minimum absolute atomic E-state index is 0.153. The molecule has 14 heavy (non-hydrogen) atoms. The molecule has 5 heteroatoms. The van der Waals surface area contributed by atoms with Gasteiger partial charge in [0.25, 0.3) is 0 Å². The van der Waals surface area contributed by atoms with E-state index < -0.39 is 6.36 Å². The van der Waals surface area contributed by atoms with Gasteiger partial charge in [-0.1, -0.05) is 6.07 Å². The predicted octanol–water partition coefficient (Wildman–Crippen LogP) is 2.19. The van der Waals surface area contributed by atoms with Crippen molar-refractivity contribution >= 4 is 0 Å². The number of hydrogen-bond donors (Lipinski definition) is 1. The molecule has 1 N–H and O–H groups in total. The molecule has 0 aromatic heterocycles. The Balaban J connectivity index is 2.21. The van der Waals surface area contributed by atoms with Gasteiger partial charge in [-0.2, -0.15) is 0 Å². The van der Waals surface area contributed by atoms with Gasteiger partial charge in [0.1, 0.15) is 5.75 Å². The van der Waals surface area contributed by atoms with Crippen molar-refractivity contribution in [3.63, 3.8) is 0 Å². The SMILES string of the molecule is FC(F)(F)Oc1ccc2c(c1)CNC2. The Morgan fingerprint density at radius 1 is 1.14 bits per heavy atom. The molecule has 0 unspecified atom stereocenters. The molecule has 0 radical (unpaired) electrons. The van der Waals surface area contributed by atoms with Crippen molar-refractivity contribution in [3.8, 4) is 5.75 Å². The zero-order valence-corrected chi connectivity index (χ0v) is 7.19. The number of benzene rings is 1. The molecule has 0 atom stereocenters. The molecule has 1 aliphatic rings. The lowest BCUT2D eigenvalue weighted by atomic mass is 10.1. The number of nitrogens with one attached hydrogen (secondary N) is 1. The van der Waals surface area contributed by atoms with Crippen molar-refractivity contribution in [2.75, 3.05) is 0 Å². The average molecular weight is 203 g/mol. The van der Waals surface area contributed by atoms with Crippen LogP contribution in [0.1, 0.15) is 11.1 Å². The smallest absolute Gasteiger partial charge is 0.406 e. The van der Waals surface area contributed by atoms with Crippen molar-refractivity contribution in [2.24, 2.45) is 0 Å². The van der Waals surface area contributed by atoms with Crippen LogP contribution in [0.5, 0.6) is 5.75 Å². The van der Waals surface area contributed by atoms with Crippen LogP contribution < -0.4 is 10.1 Å². The van der Waals surface area contributed by atoms with E-state index >= 15 is 0 Å². The first-order valence-electron chi connectivity index (χ1n) is 4.13. The van der Waals surface area contributed by atoms with Crippen molar-refractivity contribution < 1.29 is 17.9 Å². The molecule has 0 aliphatic carbocycles. The quantitative estimate of drug-likeness (QED) is 0.755. The van der Waals surface area contributed by atoms with Crippen molar-refractivity contribution in [1.29, 1.82) is 0 Å². The number of hydrogen-bond acceptors (Lipinski definition) is 2. The van der Waals surface area contributed by atoms with E-state index in [0.717, 1.165) is 11.1 Å². The fraction of sp³-hybridized carbons (Fsp3) is 0.333. The van der Waals surface area contributed by atoms with Gasteiger partial charge in [0.2, 0.25) is 0 Å². The summed E-state index contributed by atoms with van der Waals surface area (Å²) in [4.78, 5) is 0. The normalized spacial score (nSPS) is 15.4. The van der Waals surface area contributed by atoms with Crippen LogP contribution in [0.2, 0.25) is 0 Å². The third kappa shape index (κ3) is 1.98. The van der Waals surface area contributed by atoms with E-state index in [1.165, 1.54) is 12.1 Å². The standard InChI is InChI=1S/C9H8F3NO/c10-9(11,12)14-8-2-1-6-4-13-5-7(6)3-8/h1-3,13H,4-5H2. The molecule has 1 aromatic carbocycles. The van der Waals surface area contributed by atoms with E-state index in [9.17, 15) is 13.2 Å². The minimum atomic E-state index is -4.61. The van der Waals surface area contributed by atoms with Crippen molar-refractivity contribution in [3.05, 3.63) is 29.3 Å². The molecular weight excluding hydrogens is 195 g/mol. The Morgan fingerprint density at radius 2 is 1.86 bits per heavy atom. The lowest BCUT2D eigenvalue weighted by Gasteiger charge is -2.09. The zero-order valence-electron chi connectivity index (χ0n) is 7.19. The first-order chi connectivity index (χ1) is 6.54. The fourth-order valence-corrected chi connectivity index (χ4v) is 1.47. The second-order valence-corrected chi connectivity index (χ2v) is 3.08. The van der Waals surface area contributed by atoms with Gasteiger partial charge in [-0.15, -0.1) is 13.2 Å². The largest absolute Gasteiger partial charge is 0.573 e. The molecule has 1 aliphatic heterocycles. The highest BCUT2D eigenvalue weighted by molar-refractivity contribution is 5.37. The van der Waals surface area contributed by atoms with Crippen LogP contribution in [0.25, 0.3) is 0 Å². The van der Waals surface area contributed by atoms with Gasteiger partial charge in [-0.05, 0) is 23.3 Å². The fourth-order valence-electron chi connectivity index (χ4n) is 1.47. The molecule has 0 bridgehead atoms. The monoisotopic (exact) mass is 203 g/mol. The summed E-state index contributed by atoms with van der Waals surface area (Å²) in [5, 5.41) is 3.04. The third-order valence-corrected chi connectivity index (χ3v) is 2.04. The van der Waals surface area contributed by atoms with Crippen LogP contribution in [-0.2, 0) is 13.1 Å². The Morgan fingerprint density at radius 3 is 2.57 bits per heavy atom. The van der Waals surface area contributed by atoms with Gasteiger partial charge < -0.3 is 10.1 Å². The van der Waals surface area contributed by atoms with Gasteiger partial charge in [0.05, 0.1) is 0 Å². The van der Waals surface area contributed by atoms with Crippen molar-refractivity contribution in [1.82, 2.24) is 5.32 Å². The van der Waals surface area contributed by atoms with E-state index in [2.05, 4.69) is 10.1 Å². The highest BCUT2D eigenvalue weighted by atomic mass is 19.4. The maximum absolute atomic E-state index is 11.9. The molecule has 0 fully saturated rings. The first kappa shape index (κ1) is 9.33. The molecule has 0 saturated heterocycles.